The molecule has 2 nitrogen and oxygen atoms in total. The maximum atomic E-state index is 5.55. The quantitative estimate of drug-likeness (QED) is 0.782. The lowest BCUT2D eigenvalue weighted by atomic mass is 10.1. The van der Waals surface area contributed by atoms with Gasteiger partial charge in [-0.15, -0.1) is 22.7 Å². The Balaban J connectivity index is 2.07. The molecular formula is C13H12N2S2. The number of thiophene rings is 1. The fraction of sp³-hybridized carbons (Fsp3) is 0.154. The van der Waals surface area contributed by atoms with Crippen molar-refractivity contribution in [2.45, 2.75) is 6.42 Å². The highest BCUT2D eigenvalue weighted by atomic mass is 32.1. The lowest BCUT2D eigenvalue weighted by molar-refractivity contribution is 0.954. The van der Waals surface area contributed by atoms with Crippen LogP contribution in [0.3, 0.4) is 0 Å². The van der Waals surface area contributed by atoms with E-state index in [4.69, 9.17) is 5.73 Å². The van der Waals surface area contributed by atoms with Crippen LogP contribution in [0.2, 0.25) is 0 Å². The first-order valence-corrected chi connectivity index (χ1v) is 7.25. The van der Waals surface area contributed by atoms with Crippen LogP contribution < -0.4 is 5.73 Å². The van der Waals surface area contributed by atoms with Gasteiger partial charge in [-0.2, -0.15) is 0 Å². The third-order valence-corrected chi connectivity index (χ3v) is 4.54. The maximum absolute atomic E-state index is 5.55. The summed E-state index contributed by atoms with van der Waals surface area (Å²) >= 11 is 3.47. The van der Waals surface area contributed by atoms with Gasteiger partial charge in [-0.3, -0.25) is 0 Å². The molecule has 0 saturated heterocycles. The van der Waals surface area contributed by atoms with Crippen molar-refractivity contribution >= 4 is 32.8 Å². The van der Waals surface area contributed by atoms with Crippen molar-refractivity contribution in [1.29, 1.82) is 0 Å². The van der Waals surface area contributed by atoms with Gasteiger partial charge in [-0.1, -0.05) is 18.2 Å². The van der Waals surface area contributed by atoms with E-state index in [0.717, 1.165) is 17.1 Å². The minimum absolute atomic E-state index is 0.664. The van der Waals surface area contributed by atoms with Crippen LogP contribution in [0, 0.1) is 0 Å². The Bertz CT molecular complexity index is 639. The summed E-state index contributed by atoms with van der Waals surface area (Å²) in [6.45, 7) is 0.664. The average Bonchev–Trinajstić information content (AvgIpc) is 2.95. The van der Waals surface area contributed by atoms with Gasteiger partial charge in [-0.25, -0.2) is 4.98 Å². The van der Waals surface area contributed by atoms with Crippen molar-refractivity contribution in [3.63, 3.8) is 0 Å². The van der Waals surface area contributed by atoms with E-state index in [9.17, 15) is 0 Å². The van der Waals surface area contributed by atoms with E-state index in [-0.39, 0.29) is 0 Å². The molecular weight excluding hydrogens is 248 g/mol. The van der Waals surface area contributed by atoms with E-state index in [2.05, 4.69) is 40.0 Å². The highest BCUT2D eigenvalue weighted by molar-refractivity contribution is 7.17. The molecule has 17 heavy (non-hydrogen) atoms. The average molecular weight is 260 g/mol. The number of thiazole rings is 1. The summed E-state index contributed by atoms with van der Waals surface area (Å²) in [6, 6.07) is 8.45. The largest absolute Gasteiger partial charge is 0.330 e. The predicted molar refractivity (Wildman–Crippen MR) is 75.7 cm³/mol. The molecule has 0 atom stereocenters. The molecule has 0 unspecified atom stereocenters. The second-order valence-electron chi connectivity index (χ2n) is 3.81. The maximum Gasteiger partial charge on any atom is 0.0945 e. The van der Waals surface area contributed by atoms with Crippen molar-refractivity contribution in [2.75, 3.05) is 6.54 Å². The Labute approximate surface area is 108 Å². The third kappa shape index (κ3) is 1.99. The van der Waals surface area contributed by atoms with Crippen molar-refractivity contribution in [2.24, 2.45) is 5.73 Å². The van der Waals surface area contributed by atoms with Crippen LogP contribution in [0.4, 0.5) is 0 Å². The third-order valence-electron chi connectivity index (χ3n) is 2.67. The van der Waals surface area contributed by atoms with Gasteiger partial charge in [0.2, 0.25) is 0 Å². The zero-order chi connectivity index (χ0) is 11.7. The Morgan fingerprint density at radius 2 is 2.00 bits per heavy atom. The molecule has 1 aromatic carbocycles. The zero-order valence-corrected chi connectivity index (χ0v) is 10.9. The molecule has 0 spiro atoms. The highest BCUT2D eigenvalue weighted by Crippen LogP contribution is 2.34. The van der Waals surface area contributed by atoms with Gasteiger partial charge < -0.3 is 5.73 Å². The van der Waals surface area contributed by atoms with E-state index < -0.39 is 0 Å². The minimum Gasteiger partial charge on any atom is -0.330 e. The SMILES string of the molecule is NCCc1nc(-c2csc3ccccc23)cs1. The highest BCUT2D eigenvalue weighted by Gasteiger charge is 2.09. The summed E-state index contributed by atoms with van der Waals surface area (Å²) in [6.07, 6.45) is 0.868. The molecule has 0 amide bonds. The summed E-state index contributed by atoms with van der Waals surface area (Å²) in [5, 5.41) is 6.73. The van der Waals surface area contributed by atoms with Gasteiger partial charge in [-0.05, 0) is 12.6 Å². The molecule has 0 bridgehead atoms. The molecule has 3 aromatic rings. The van der Waals surface area contributed by atoms with Crippen molar-refractivity contribution in [1.82, 2.24) is 4.98 Å². The smallest absolute Gasteiger partial charge is 0.0945 e. The van der Waals surface area contributed by atoms with Gasteiger partial charge in [0.25, 0.3) is 0 Å². The van der Waals surface area contributed by atoms with Gasteiger partial charge in [0.1, 0.15) is 0 Å². The van der Waals surface area contributed by atoms with E-state index in [1.165, 1.54) is 15.6 Å². The Kier molecular flexibility index (Phi) is 2.93. The number of nitrogens with zero attached hydrogens (tertiary/aromatic N) is 1. The van der Waals surface area contributed by atoms with Crippen LogP contribution in [0.25, 0.3) is 21.3 Å². The van der Waals surface area contributed by atoms with Crippen molar-refractivity contribution in [3.8, 4) is 11.3 Å². The van der Waals surface area contributed by atoms with Crippen LogP contribution in [0.5, 0.6) is 0 Å². The molecule has 3 rings (SSSR count). The number of aromatic nitrogens is 1. The van der Waals surface area contributed by atoms with E-state index in [0.29, 0.717) is 6.54 Å². The first-order valence-electron chi connectivity index (χ1n) is 5.49. The number of fused-ring (bicyclic) bond motifs is 1. The fourth-order valence-corrected chi connectivity index (χ4v) is 3.62. The molecule has 0 aliphatic rings. The van der Waals surface area contributed by atoms with Crippen LogP contribution in [-0.4, -0.2) is 11.5 Å². The fourth-order valence-electron chi connectivity index (χ4n) is 1.85. The van der Waals surface area contributed by atoms with Crippen molar-refractivity contribution < 1.29 is 0 Å². The molecule has 4 heteroatoms. The lowest BCUT2D eigenvalue weighted by Crippen LogP contribution is -2.01. The zero-order valence-electron chi connectivity index (χ0n) is 9.22. The number of rotatable bonds is 3. The summed E-state index contributed by atoms with van der Waals surface area (Å²) in [7, 11) is 0. The molecule has 86 valence electrons. The lowest BCUT2D eigenvalue weighted by Gasteiger charge is -1.94. The number of hydrogen-bond donors (Lipinski definition) is 1. The summed E-state index contributed by atoms with van der Waals surface area (Å²) in [5.74, 6) is 0. The second-order valence-corrected chi connectivity index (χ2v) is 5.66. The van der Waals surface area contributed by atoms with E-state index >= 15 is 0 Å². The number of benzene rings is 1. The van der Waals surface area contributed by atoms with Crippen LogP contribution in [-0.2, 0) is 6.42 Å². The Hall–Kier alpha value is -1.23. The molecule has 0 fully saturated rings. The summed E-state index contributed by atoms with van der Waals surface area (Å²) < 4.78 is 1.32. The molecule has 0 aliphatic heterocycles. The molecule has 0 saturated carbocycles. The minimum atomic E-state index is 0.664. The monoisotopic (exact) mass is 260 g/mol. The van der Waals surface area contributed by atoms with Crippen LogP contribution >= 0.6 is 22.7 Å². The topological polar surface area (TPSA) is 38.9 Å². The van der Waals surface area contributed by atoms with Gasteiger partial charge in [0, 0.05) is 32.8 Å². The van der Waals surface area contributed by atoms with Crippen LogP contribution in [0.15, 0.2) is 35.0 Å². The van der Waals surface area contributed by atoms with Crippen molar-refractivity contribution in [3.05, 3.63) is 40.0 Å². The number of nitrogens with two attached hydrogens (primary N) is 1. The molecule has 0 aliphatic carbocycles. The predicted octanol–water partition coefficient (Wildman–Crippen LogP) is 3.53. The number of hydrogen-bond acceptors (Lipinski definition) is 4. The first kappa shape index (κ1) is 10.9. The normalized spacial score (nSPS) is 11.1. The van der Waals surface area contributed by atoms with E-state index in [1.54, 1.807) is 22.7 Å². The van der Waals surface area contributed by atoms with Crippen LogP contribution in [0.1, 0.15) is 5.01 Å². The summed E-state index contributed by atoms with van der Waals surface area (Å²) in [5.41, 5.74) is 7.87. The molecule has 2 aromatic heterocycles. The van der Waals surface area contributed by atoms with Gasteiger partial charge in [0.05, 0.1) is 10.7 Å². The standard InChI is InChI=1S/C13H12N2S2/c14-6-5-13-15-11(8-17-13)10-7-16-12-4-2-1-3-9(10)12/h1-4,7-8H,5-6,14H2. The Morgan fingerprint density at radius 1 is 1.12 bits per heavy atom. The molecule has 0 radical (unpaired) electrons. The Morgan fingerprint density at radius 3 is 2.88 bits per heavy atom. The van der Waals surface area contributed by atoms with Gasteiger partial charge >= 0.3 is 0 Å². The summed E-state index contributed by atoms with van der Waals surface area (Å²) in [4.78, 5) is 4.64. The van der Waals surface area contributed by atoms with E-state index in [1.807, 2.05) is 0 Å². The molecule has 2 heterocycles. The van der Waals surface area contributed by atoms with Gasteiger partial charge in [0.15, 0.2) is 0 Å². The first-order chi connectivity index (χ1) is 8.38. The molecule has 2 N–H and O–H groups in total. The second kappa shape index (κ2) is 4.56.